The molecule has 0 aliphatic heterocycles. The lowest BCUT2D eigenvalue weighted by molar-refractivity contribution is -0.117. The van der Waals surface area contributed by atoms with Crippen molar-refractivity contribution in [3.8, 4) is 0 Å². The summed E-state index contributed by atoms with van der Waals surface area (Å²) < 4.78 is 26.3. The molecule has 88 valence electrons. The van der Waals surface area contributed by atoms with Gasteiger partial charge in [-0.1, -0.05) is 6.07 Å². The Hall–Kier alpha value is -1.29. The number of carbonyl (C=O) groups is 1. The quantitative estimate of drug-likeness (QED) is 0.856. The molecule has 4 heteroatoms. The van der Waals surface area contributed by atoms with Gasteiger partial charge in [0.25, 0.3) is 0 Å². The molecule has 0 aliphatic rings. The van der Waals surface area contributed by atoms with E-state index in [4.69, 9.17) is 5.73 Å². The Balaban J connectivity index is 2.81. The zero-order chi connectivity index (χ0) is 12.3. The van der Waals surface area contributed by atoms with Crippen molar-refractivity contribution in [3.05, 3.63) is 34.9 Å². The van der Waals surface area contributed by atoms with Gasteiger partial charge in [0, 0.05) is 18.5 Å². The summed E-state index contributed by atoms with van der Waals surface area (Å²) in [6.45, 7) is 3.00. The van der Waals surface area contributed by atoms with Gasteiger partial charge in [-0.2, -0.15) is 0 Å². The molecule has 0 heterocycles. The second kappa shape index (κ2) is 5.16. The molecule has 1 atom stereocenters. The molecule has 1 rings (SSSR count). The standard InChI is InChI=1S/C12H15F2NO/c1-7-3-9(12(14)6-11(7)13)5-10(15)4-8(2)16/h3,6,10H,4-5,15H2,1-2H3/t10-/m0/s1. The van der Waals surface area contributed by atoms with Crippen LogP contribution in [0, 0.1) is 18.6 Å². The first-order valence-electron chi connectivity index (χ1n) is 5.09. The van der Waals surface area contributed by atoms with E-state index < -0.39 is 17.7 Å². The first kappa shape index (κ1) is 12.8. The molecule has 0 aliphatic carbocycles. The molecule has 2 N–H and O–H groups in total. The molecule has 0 saturated heterocycles. The molecule has 0 bridgehead atoms. The fourth-order valence-electron chi connectivity index (χ4n) is 1.60. The third-order valence-electron chi connectivity index (χ3n) is 2.36. The maximum Gasteiger partial charge on any atom is 0.131 e. The van der Waals surface area contributed by atoms with Crippen molar-refractivity contribution in [3.63, 3.8) is 0 Å². The molecule has 0 radical (unpaired) electrons. The Kier molecular flexibility index (Phi) is 4.12. The van der Waals surface area contributed by atoms with Gasteiger partial charge in [-0.3, -0.25) is 4.79 Å². The topological polar surface area (TPSA) is 43.1 Å². The number of benzene rings is 1. The van der Waals surface area contributed by atoms with Gasteiger partial charge >= 0.3 is 0 Å². The van der Waals surface area contributed by atoms with E-state index in [-0.39, 0.29) is 18.6 Å². The zero-order valence-corrected chi connectivity index (χ0v) is 9.39. The Labute approximate surface area is 93.5 Å². The minimum atomic E-state index is -0.609. The summed E-state index contributed by atoms with van der Waals surface area (Å²) in [5.74, 6) is -1.21. The van der Waals surface area contributed by atoms with E-state index in [1.807, 2.05) is 0 Å². The minimum Gasteiger partial charge on any atom is -0.327 e. The predicted octanol–water partition coefficient (Wildman–Crippen LogP) is 2.12. The van der Waals surface area contributed by atoms with Crippen LogP contribution in [0.2, 0.25) is 0 Å². The molecule has 2 nitrogen and oxygen atoms in total. The van der Waals surface area contributed by atoms with Gasteiger partial charge in [0.15, 0.2) is 0 Å². The van der Waals surface area contributed by atoms with E-state index in [2.05, 4.69) is 0 Å². The third-order valence-corrected chi connectivity index (χ3v) is 2.36. The van der Waals surface area contributed by atoms with Gasteiger partial charge < -0.3 is 5.73 Å². The highest BCUT2D eigenvalue weighted by molar-refractivity contribution is 5.76. The fourth-order valence-corrected chi connectivity index (χ4v) is 1.60. The minimum absolute atomic E-state index is 0.0354. The normalized spacial score (nSPS) is 12.6. The lowest BCUT2D eigenvalue weighted by Crippen LogP contribution is -2.25. The molecule has 0 aromatic heterocycles. The van der Waals surface area contributed by atoms with Gasteiger partial charge in [0.1, 0.15) is 17.4 Å². The lowest BCUT2D eigenvalue weighted by atomic mass is 10.0. The molecule has 0 saturated carbocycles. The fraction of sp³-hybridized carbons (Fsp3) is 0.417. The zero-order valence-electron chi connectivity index (χ0n) is 9.39. The first-order valence-corrected chi connectivity index (χ1v) is 5.09. The van der Waals surface area contributed by atoms with Crippen LogP contribution in [-0.2, 0) is 11.2 Å². The summed E-state index contributed by atoms with van der Waals surface area (Å²) in [5.41, 5.74) is 6.42. The highest BCUT2D eigenvalue weighted by Crippen LogP contribution is 2.16. The maximum atomic E-state index is 13.3. The van der Waals surface area contributed by atoms with Crippen molar-refractivity contribution in [1.82, 2.24) is 0 Å². The SMILES string of the molecule is CC(=O)C[C@H](N)Cc1cc(C)c(F)cc1F. The second-order valence-corrected chi connectivity index (χ2v) is 4.06. The van der Waals surface area contributed by atoms with Gasteiger partial charge in [0.05, 0.1) is 0 Å². The Morgan fingerprint density at radius 2 is 2.00 bits per heavy atom. The molecular formula is C12H15F2NO. The van der Waals surface area contributed by atoms with Crippen LogP contribution in [0.4, 0.5) is 8.78 Å². The maximum absolute atomic E-state index is 13.3. The number of hydrogen-bond donors (Lipinski definition) is 1. The van der Waals surface area contributed by atoms with Gasteiger partial charge in [0.2, 0.25) is 0 Å². The molecule has 1 aromatic rings. The van der Waals surface area contributed by atoms with Crippen LogP contribution in [0.3, 0.4) is 0 Å². The number of rotatable bonds is 4. The second-order valence-electron chi connectivity index (χ2n) is 4.06. The number of carbonyl (C=O) groups excluding carboxylic acids is 1. The number of ketones is 1. The van der Waals surface area contributed by atoms with Crippen LogP contribution in [0.25, 0.3) is 0 Å². The molecule has 0 fully saturated rings. The van der Waals surface area contributed by atoms with Crippen LogP contribution in [0.1, 0.15) is 24.5 Å². The third kappa shape index (κ3) is 3.38. The Morgan fingerprint density at radius 3 is 2.56 bits per heavy atom. The van der Waals surface area contributed by atoms with Crippen molar-refractivity contribution in [2.45, 2.75) is 32.7 Å². The molecule has 0 spiro atoms. The summed E-state index contributed by atoms with van der Waals surface area (Å²) in [6.07, 6.45) is 0.447. The highest BCUT2D eigenvalue weighted by atomic mass is 19.1. The summed E-state index contributed by atoms with van der Waals surface area (Å²) in [5, 5.41) is 0. The molecule has 1 aromatic carbocycles. The van der Waals surface area contributed by atoms with Crippen molar-refractivity contribution in [2.24, 2.45) is 5.73 Å². The van der Waals surface area contributed by atoms with Gasteiger partial charge in [-0.05, 0) is 31.4 Å². The largest absolute Gasteiger partial charge is 0.327 e. The number of Topliss-reactive ketones (excluding diaryl/α,β-unsaturated/α-hetero) is 1. The van der Waals surface area contributed by atoms with Crippen LogP contribution in [0.5, 0.6) is 0 Å². The first-order chi connectivity index (χ1) is 7.40. The van der Waals surface area contributed by atoms with E-state index in [1.54, 1.807) is 6.92 Å². The van der Waals surface area contributed by atoms with Crippen LogP contribution in [0.15, 0.2) is 12.1 Å². The summed E-state index contributed by atoms with van der Waals surface area (Å²) in [6, 6.07) is 1.87. The summed E-state index contributed by atoms with van der Waals surface area (Å²) >= 11 is 0. The van der Waals surface area contributed by atoms with Gasteiger partial charge in [-0.25, -0.2) is 8.78 Å². The van der Waals surface area contributed by atoms with Crippen molar-refractivity contribution in [2.75, 3.05) is 0 Å². The molecule has 0 unspecified atom stereocenters. The number of halogens is 2. The average Bonchev–Trinajstić information content (AvgIpc) is 2.12. The highest BCUT2D eigenvalue weighted by Gasteiger charge is 2.12. The van der Waals surface area contributed by atoms with Gasteiger partial charge in [-0.15, -0.1) is 0 Å². The molecular weight excluding hydrogens is 212 g/mol. The van der Waals surface area contributed by atoms with Crippen molar-refractivity contribution < 1.29 is 13.6 Å². The van der Waals surface area contributed by atoms with E-state index in [9.17, 15) is 13.6 Å². The number of hydrogen-bond acceptors (Lipinski definition) is 2. The van der Waals surface area contributed by atoms with E-state index in [1.165, 1.54) is 13.0 Å². The van der Waals surface area contributed by atoms with E-state index in [0.717, 1.165) is 6.07 Å². The van der Waals surface area contributed by atoms with Crippen LogP contribution in [-0.4, -0.2) is 11.8 Å². The van der Waals surface area contributed by atoms with Crippen LogP contribution >= 0.6 is 0 Å². The summed E-state index contributed by atoms with van der Waals surface area (Å²) in [7, 11) is 0. The number of nitrogens with two attached hydrogens (primary N) is 1. The number of aryl methyl sites for hydroxylation is 1. The molecule has 0 amide bonds. The van der Waals surface area contributed by atoms with E-state index in [0.29, 0.717) is 11.1 Å². The lowest BCUT2D eigenvalue weighted by Gasteiger charge is -2.11. The molecule has 16 heavy (non-hydrogen) atoms. The van der Waals surface area contributed by atoms with Crippen molar-refractivity contribution >= 4 is 5.78 Å². The van der Waals surface area contributed by atoms with Crippen LogP contribution < -0.4 is 5.73 Å². The average molecular weight is 227 g/mol. The van der Waals surface area contributed by atoms with Crippen molar-refractivity contribution in [1.29, 1.82) is 0 Å². The summed E-state index contributed by atoms with van der Waals surface area (Å²) in [4.78, 5) is 10.8. The monoisotopic (exact) mass is 227 g/mol. The Bertz CT molecular complexity index is 404. The Morgan fingerprint density at radius 1 is 1.38 bits per heavy atom. The van der Waals surface area contributed by atoms with E-state index >= 15 is 0 Å². The predicted molar refractivity (Wildman–Crippen MR) is 58.1 cm³/mol. The smallest absolute Gasteiger partial charge is 0.131 e.